The molecule has 9 nitrogen and oxygen atoms in total. The molecule has 0 aliphatic carbocycles. The first kappa shape index (κ1) is 23.0. The van der Waals surface area contributed by atoms with E-state index in [9.17, 15) is 22.9 Å². The molecule has 0 aliphatic heterocycles. The van der Waals surface area contributed by atoms with Crippen molar-refractivity contribution < 1.29 is 22.5 Å². The standard InChI is InChI=1S/C20H16ClFN4O5S/c1-31-15-8-5-13(6-9-15)25-32(29,30)20-11-14(26(27)28)7-10-19(20)24-23-12-16-17(21)3-2-4-18(16)22/h2-12,24-25H,1H3/b23-12+. The minimum atomic E-state index is -4.26. The van der Waals surface area contributed by atoms with Crippen molar-refractivity contribution in [2.45, 2.75) is 4.90 Å². The van der Waals surface area contributed by atoms with Crippen molar-refractivity contribution in [1.82, 2.24) is 0 Å². The smallest absolute Gasteiger partial charge is 0.270 e. The second-order valence-electron chi connectivity index (χ2n) is 6.28. The summed E-state index contributed by atoms with van der Waals surface area (Å²) in [4.78, 5) is 10.0. The number of nitro benzene ring substituents is 1. The average Bonchev–Trinajstić information content (AvgIpc) is 2.76. The predicted octanol–water partition coefficient (Wildman–Crippen LogP) is 4.64. The summed E-state index contributed by atoms with van der Waals surface area (Å²) in [5, 5.41) is 15.1. The van der Waals surface area contributed by atoms with Crippen LogP contribution >= 0.6 is 11.6 Å². The van der Waals surface area contributed by atoms with E-state index in [-0.39, 0.29) is 22.0 Å². The van der Waals surface area contributed by atoms with Gasteiger partial charge in [0.15, 0.2) is 0 Å². The van der Waals surface area contributed by atoms with Crippen molar-refractivity contribution in [3.8, 4) is 5.75 Å². The number of non-ortho nitro benzene ring substituents is 1. The number of hydrogen-bond acceptors (Lipinski definition) is 7. The molecule has 0 amide bonds. The van der Waals surface area contributed by atoms with Crippen LogP contribution in [-0.2, 0) is 10.0 Å². The Bertz CT molecular complexity index is 1260. The van der Waals surface area contributed by atoms with Gasteiger partial charge in [0.2, 0.25) is 0 Å². The van der Waals surface area contributed by atoms with Gasteiger partial charge in [0.1, 0.15) is 16.5 Å². The molecular weight excluding hydrogens is 463 g/mol. The Balaban J connectivity index is 1.95. The zero-order valence-electron chi connectivity index (χ0n) is 16.5. The summed E-state index contributed by atoms with van der Waals surface area (Å²) in [5.74, 6) is -0.104. The van der Waals surface area contributed by atoms with Crippen molar-refractivity contribution in [2.24, 2.45) is 5.10 Å². The van der Waals surface area contributed by atoms with Crippen molar-refractivity contribution in [2.75, 3.05) is 17.3 Å². The van der Waals surface area contributed by atoms with Crippen molar-refractivity contribution in [1.29, 1.82) is 0 Å². The minimum absolute atomic E-state index is 0.00987. The lowest BCUT2D eigenvalue weighted by molar-refractivity contribution is -0.385. The first-order chi connectivity index (χ1) is 15.2. The predicted molar refractivity (Wildman–Crippen MR) is 120 cm³/mol. The maximum atomic E-state index is 13.9. The number of methoxy groups -OCH3 is 1. The molecule has 12 heteroatoms. The summed E-state index contributed by atoms with van der Waals surface area (Å²) in [5.41, 5.74) is 2.17. The number of halogens is 2. The van der Waals surface area contributed by atoms with Crippen LogP contribution in [0.25, 0.3) is 0 Å². The average molecular weight is 479 g/mol. The fraction of sp³-hybridized carbons (Fsp3) is 0.0500. The molecule has 3 aromatic rings. The Morgan fingerprint density at radius 2 is 1.88 bits per heavy atom. The number of nitrogens with zero attached hydrogens (tertiary/aromatic N) is 2. The zero-order chi connectivity index (χ0) is 23.3. The molecule has 32 heavy (non-hydrogen) atoms. The van der Waals surface area contributed by atoms with Gasteiger partial charge in [-0.25, -0.2) is 12.8 Å². The number of sulfonamides is 1. The number of anilines is 2. The Kier molecular flexibility index (Phi) is 6.91. The van der Waals surface area contributed by atoms with Gasteiger partial charge < -0.3 is 4.74 Å². The second kappa shape index (κ2) is 9.62. The Hall–Kier alpha value is -3.70. The van der Waals surface area contributed by atoms with Gasteiger partial charge in [0.05, 0.1) is 29.0 Å². The highest BCUT2D eigenvalue weighted by molar-refractivity contribution is 7.92. The van der Waals surface area contributed by atoms with Crippen LogP contribution < -0.4 is 14.9 Å². The fourth-order valence-electron chi connectivity index (χ4n) is 2.61. The number of hydrazone groups is 1. The molecule has 0 saturated carbocycles. The highest BCUT2D eigenvalue weighted by Crippen LogP contribution is 2.29. The molecule has 3 aromatic carbocycles. The van der Waals surface area contributed by atoms with E-state index in [4.69, 9.17) is 16.3 Å². The molecule has 0 radical (unpaired) electrons. The summed E-state index contributed by atoms with van der Waals surface area (Å²) in [6.07, 6.45) is 1.08. The third-order valence-corrected chi connectivity index (χ3v) is 5.94. The van der Waals surface area contributed by atoms with E-state index in [1.807, 2.05) is 0 Å². The maximum Gasteiger partial charge on any atom is 0.270 e. The lowest BCUT2D eigenvalue weighted by atomic mass is 10.2. The summed E-state index contributed by atoms with van der Waals surface area (Å²) < 4.78 is 47.2. The summed E-state index contributed by atoms with van der Waals surface area (Å²) in [6.45, 7) is 0. The molecule has 0 unspecified atom stereocenters. The monoisotopic (exact) mass is 478 g/mol. The fourth-order valence-corrected chi connectivity index (χ4v) is 4.06. The molecular formula is C20H16ClFN4O5S. The zero-order valence-corrected chi connectivity index (χ0v) is 18.0. The van der Waals surface area contributed by atoms with E-state index in [1.54, 1.807) is 12.1 Å². The molecule has 0 atom stereocenters. The molecule has 0 spiro atoms. The van der Waals surface area contributed by atoms with Crippen LogP contribution in [0.1, 0.15) is 5.56 Å². The Labute approximate surface area is 187 Å². The Morgan fingerprint density at radius 1 is 1.16 bits per heavy atom. The van der Waals surface area contributed by atoms with E-state index >= 15 is 0 Å². The molecule has 2 N–H and O–H groups in total. The van der Waals surface area contributed by atoms with E-state index in [1.165, 1.54) is 43.5 Å². The molecule has 0 aliphatic rings. The maximum absolute atomic E-state index is 13.9. The molecule has 0 aromatic heterocycles. The van der Waals surface area contributed by atoms with Gasteiger partial charge in [-0.3, -0.25) is 20.3 Å². The quantitative estimate of drug-likeness (QED) is 0.276. The summed E-state index contributed by atoms with van der Waals surface area (Å²) in [6, 6.07) is 13.3. The lowest BCUT2D eigenvalue weighted by Crippen LogP contribution is -2.15. The molecule has 0 saturated heterocycles. The van der Waals surface area contributed by atoms with E-state index in [0.717, 1.165) is 18.3 Å². The summed E-state index contributed by atoms with van der Waals surface area (Å²) in [7, 11) is -2.80. The molecule has 0 bridgehead atoms. The SMILES string of the molecule is COc1ccc(NS(=O)(=O)c2cc([N+](=O)[O-])ccc2N/N=C/c2c(F)cccc2Cl)cc1. The van der Waals surface area contributed by atoms with Crippen LogP contribution in [0.15, 0.2) is 70.7 Å². The number of ether oxygens (including phenoxy) is 1. The van der Waals surface area contributed by atoms with Crippen LogP contribution in [0.3, 0.4) is 0 Å². The third-order valence-electron chi connectivity index (χ3n) is 4.19. The van der Waals surface area contributed by atoms with E-state index < -0.39 is 31.3 Å². The van der Waals surface area contributed by atoms with Gasteiger partial charge in [-0.1, -0.05) is 17.7 Å². The molecule has 0 fully saturated rings. The van der Waals surface area contributed by atoms with Crippen LogP contribution in [0.2, 0.25) is 5.02 Å². The van der Waals surface area contributed by atoms with Gasteiger partial charge in [-0.2, -0.15) is 5.10 Å². The van der Waals surface area contributed by atoms with Crippen molar-refractivity contribution >= 4 is 44.9 Å². The van der Waals surface area contributed by atoms with E-state index in [2.05, 4.69) is 15.2 Å². The van der Waals surface area contributed by atoms with Gasteiger partial charge in [-0.05, 0) is 42.5 Å². The van der Waals surface area contributed by atoms with Gasteiger partial charge >= 0.3 is 0 Å². The largest absolute Gasteiger partial charge is 0.497 e. The highest BCUT2D eigenvalue weighted by atomic mass is 35.5. The van der Waals surface area contributed by atoms with Gasteiger partial charge in [0.25, 0.3) is 15.7 Å². The third kappa shape index (κ3) is 5.31. The number of nitrogens with one attached hydrogen (secondary N) is 2. The van der Waals surface area contributed by atoms with Gasteiger partial charge in [0, 0.05) is 23.4 Å². The first-order valence-corrected chi connectivity index (χ1v) is 10.8. The topological polar surface area (TPSA) is 123 Å². The van der Waals surface area contributed by atoms with Crippen molar-refractivity contribution in [3.63, 3.8) is 0 Å². The number of nitro groups is 1. The van der Waals surface area contributed by atoms with Crippen LogP contribution in [0.4, 0.5) is 21.5 Å². The van der Waals surface area contributed by atoms with Crippen LogP contribution in [0, 0.1) is 15.9 Å². The normalized spacial score (nSPS) is 11.3. The van der Waals surface area contributed by atoms with Gasteiger partial charge in [-0.15, -0.1) is 0 Å². The number of rotatable bonds is 8. The first-order valence-electron chi connectivity index (χ1n) is 8.89. The second-order valence-corrected chi connectivity index (χ2v) is 8.33. The Morgan fingerprint density at radius 3 is 2.50 bits per heavy atom. The number of hydrogen-bond donors (Lipinski definition) is 2. The highest BCUT2D eigenvalue weighted by Gasteiger charge is 2.23. The molecule has 3 rings (SSSR count). The van der Waals surface area contributed by atoms with Crippen LogP contribution in [0.5, 0.6) is 5.75 Å². The van der Waals surface area contributed by atoms with Crippen LogP contribution in [-0.4, -0.2) is 26.7 Å². The minimum Gasteiger partial charge on any atom is -0.497 e. The van der Waals surface area contributed by atoms with E-state index in [0.29, 0.717) is 5.75 Å². The van der Waals surface area contributed by atoms with Crippen molar-refractivity contribution in [3.05, 3.63) is 87.2 Å². The lowest BCUT2D eigenvalue weighted by Gasteiger charge is -2.12. The summed E-state index contributed by atoms with van der Waals surface area (Å²) >= 11 is 5.93. The molecule has 0 heterocycles. The number of benzene rings is 3. The molecule has 166 valence electrons.